The molecular formula is C18H24F3N3O. The van der Waals surface area contributed by atoms with Crippen molar-refractivity contribution in [3.05, 3.63) is 35.4 Å². The van der Waals surface area contributed by atoms with Crippen LogP contribution in [0.5, 0.6) is 0 Å². The standard InChI is InChI=1S/C18H24F3N3O/c1-23-9-3-8-22-16(25)17(23)6-10-24(11-7-17)13-14-4-2-5-15(12-14)18(19,20)21/h2,4-5,12H,3,6-11,13H2,1H3,(H,22,25). The van der Waals surface area contributed by atoms with E-state index < -0.39 is 17.3 Å². The molecule has 2 fully saturated rings. The molecule has 0 radical (unpaired) electrons. The molecule has 0 aromatic heterocycles. The summed E-state index contributed by atoms with van der Waals surface area (Å²) in [5, 5.41) is 3.00. The first-order chi connectivity index (χ1) is 11.8. The van der Waals surface area contributed by atoms with E-state index in [1.54, 1.807) is 6.07 Å². The van der Waals surface area contributed by atoms with Gasteiger partial charge >= 0.3 is 6.18 Å². The van der Waals surface area contributed by atoms with Gasteiger partial charge in [-0.3, -0.25) is 14.6 Å². The Balaban J connectivity index is 1.66. The predicted molar refractivity (Wildman–Crippen MR) is 88.9 cm³/mol. The molecule has 2 saturated heterocycles. The number of halogens is 3. The Labute approximate surface area is 146 Å². The summed E-state index contributed by atoms with van der Waals surface area (Å²) in [6.07, 6.45) is -1.97. The maximum Gasteiger partial charge on any atom is 0.416 e. The number of hydrogen-bond acceptors (Lipinski definition) is 3. The summed E-state index contributed by atoms with van der Waals surface area (Å²) in [6.45, 7) is 3.47. The summed E-state index contributed by atoms with van der Waals surface area (Å²) in [4.78, 5) is 16.8. The maximum absolute atomic E-state index is 12.8. The number of alkyl halides is 3. The van der Waals surface area contributed by atoms with E-state index in [-0.39, 0.29) is 5.91 Å². The molecule has 3 rings (SSSR count). The summed E-state index contributed by atoms with van der Waals surface area (Å²) in [7, 11) is 1.99. The molecule has 0 aliphatic carbocycles. The molecule has 1 aromatic carbocycles. The van der Waals surface area contributed by atoms with Crippen LogP contribution in [0.25, 0.3) is 0 Å². The quantitative estimate of drug-likeness (QED) is 0.885. The lowest BCUT2D eigenvalue weighted by Crippen LogP contribution is -2.60. The van der Waals surface area contributed by atoms with Crippen molar-refractivity contribution in [1.82, 2.24) is 15.1 Å². The van der Waals surface area contributed by atoms with E-state index in [4.69, 9.17) is 0 Å². The fourth-order valence-electron chi connectivity index (χ4n) is 3.86. The molecule has 138 valence electrons. The van der Waals surface area contributed by atoms with Gasteiger partial charge in [-0.15, -0.1) is 0 Å². The number of carbonyl (C=O) groups is 1. The minimum absolute atomic E-state index is 0.0891. The second-order valence-corrected chi connectivity index (χ2v) is 7.04. The highest BCUT2D eigenvalue weighted by Crippen LogP contribution is 2.32. The summed E-state index contributed by atoms with van der Waals surface area (Å²) in [5.74, 6) is 0.0891. The van der Waals surface area contributed by atoms with Crippen molar-refractivity contribution in [3.63, 3.8) is 0 Å². The van der Waals surface area contributed by atoms with Crippen LogP contribution in [0.15, 0.2) is 24.3 Å². The monoisotopic (exact) mass is 355 g/mol. The van der Waals surface area contributed by atoms with E-state index >= 15 is 0 Å². The third kappa shape index (κ3) is 3.82. The first kappa shape index (κ1) is 18.2. The predicted octanol–water partition coefficient (Wildman–Crippen LogP) is 2.49. The Morgan fingerprint density at radius 2 is 1.92 bits per heavy atom. The average Bonchev–Trinajstić information content (AvgIpc) is 2.70. The lowest BCUT2D eigenvalue weighted by atomic mass is 9.85. The van der Waals surface area contributed by atoms with Crippen LogP contribution >= 0.6 is 0 Å². The summed E-state index contributed by atoms with van der Waals surface area (Å²) < 4.78 is 38.5. The zero-order valence-corrected chi connectivity index (χ0v) is 14.4. The van der Waals surface area contributed by atoms with Gasteiger partial charge in [-0.25, -0.2) is 0 Å². The molecule has 4 nitrogen and oxygen atoms in total. The number of nitrogens with zero attached hydrogens (tertiary/aromatic N) is 2. The Morgan fingerprint density at radius 3 is 2.60 bits per heavy atom. The van der Waals surface area contributed by atoms with E-state index in [1.165, 1.54) is 12.1 Å². The Morgan fingerprint density at radius 1 is 1.20 bits per heavy atom. The Hall–Kier alpha value is -1.60. The second kappa shape index (κ2) is 6.96. The van der Waals surface area contributed by atoms with Crippen LogP contribution in [0.3, 0.4) is 0 Å². The first-order valence-electron chi connectivity index (χ1n) is 8.69. The Bertz CT molecular complexity index is 624. The molecule has 0 bridgehead atoms. The smallest absolute Gasteiger partial charge is 0.354 e. The van der Waals surface area contributed by atoms with Crippen molar-refractivity contribution in [1.29, 1.82) is 0 Å². The lowest BCUT2D eigenvalue weighted by Gasteiger charge is -2.45. The van der Waals surface area contributed by atoms with E-state index in [9.17, 15) is 18.0 Å². The van der Waals surface area contributed by atoms with Crippen LogP contribution in [0, 0.1) is 0 Å². The van der Waals surface area contributed by atoms with Gasteiger partial charge in [0, 0.05) is 32.7 Å². The van der Waals surface area contributed by atoms with Crippen molar-refractivity contribution < 1.29 is 18.0 Å². The molecule has 25 heavy (non-hydrogen) atoms. The normalized spacial score (nSPS) is 22.6. The molecule has 7 heteroatoms. The summed E-state index contributed by atoms with van der Waals surface area (Å²) in [5.41, 5.74) is -0.424. The van der Waals surface area contributed by atoms with Crippen molar-refractivity contribution in [2.24, 2.45) is 0 Å². The Kier molecular flexibility index (Phi) is 5.06. The van der Waals surface area contributed by atoms with Crippen LogP contribution < -0.4 is 5.32 Å². The third-order valence-corrected chi connectivity index (χ3v) is 5.45. The third-order valence-electron chi connectivity index (χ3n) is 5.45. The van der Waals surface area contributed by atoms with Gasteiger partial charge in [0.25, 0.3) is 0 Å². The molecular weight excluding hydrogens is 331 g/mol. The summed E-state index contributed by atoms with van der Waals surface area (Å²) in [6, 6.07) is 5.49. The molecule has 0 atom stereocenters. The van der Waals surface area contributed by atoms with E-state index in [0.29, 0.717) is 44.6 Å². The number of hydrogen-bond donors (Lipinski definition) is 1. The molecule has 0 unspecified atom stereocenters. The fraction of sp³-hybridized carbons (Fsp3) is 0.611. The van der Waals surface area contributed by atoms with E-state index in [1.807, 2.05) is 7.05 Å². The van der Waals surface area contributed by atoms with Gasteiger partial charge in [-0.05, 0) is 37.9 Å². The molecule has 1 N–H and O–H groups in total. The number of benzene rings is 1. The average molecular weight is 355 g/mol. The van der Waals surface area contributed by atoms with Gasteiger partial charge in [-0.2, -0.15) is 13.2 Å². The van der Waals surface area contributed by atoms with E-state index in [0.717, 1.165) is 19.0 Å². The summed E-state index contributed by atoms with van der Waals surface area (Å²) >= 11 is 0. The molecule has 1 aromatic rings. The first-order valence-corrected chi connectivity index (χ1v) is 8.69. The number of rotatable bonds is 2. The van der Waals surface area contributed by atoms with Crippen LogP contribution in [0.1, 0.15) is 30.4 Å². The molecule has 1 spiro atoms. The minimum atomic E-state index is -4.32. The number of nitrogens with one attached hydrogen (secondary N) is 1. The van der Waals surface area contributed by atoms with Gasteiger partial charge in [0.1, 0.15) is 5.54 Å². The van der Waals surface area contributed by atoms with Crippen molar-refractivity contribution in [3.8, 4) is 0 Å². The van der Waals surface area contributed by atoms with Gasteiger partial charge in [-0.1, -0.05) is 18.2 Å². The van der Waals surface area contributed by atoms with Gasteiger partial charge in [0.2, 0.25) is 5.91 Å². The van der Waals surface area contributed by atoms with Crippen molar-refractivity contribution in [2.45, 2.75) is 37.5 Å². The topological polar surface area (TPSA) is 35.6 Å². The molecule has 2 heterocycles. The van der Waals surface area contributed by atoms with Gasteiger partial charge in [0.15, 0.2) is 0 Å². The molecule has 1 amide bonds. The molecule has 2 aliphatic rings. The maximum atomic E-state index is 12.8. The van der Waals surface area contributed by atoms with Crippen molar-refractivity contribution >= 4 is 5.91 Å². The number of likely N-dealkylation sites (N-methyl/N-ethyl adjacent to an activating group) is 1. The number of piperidine rings is 1. The fourth-order valence-corrected chi connectivity index (χ4v) is 3.86. The van der Waals surface area contributed by atoms with Gasteiger partial charge < -0.3 is 5.32 Å². The highest BCUT2D eigenvalue weighted by atomic mass is 19.4. The van der Waals surface area contributed by atoms with Crippen LogP contribution in [-0.4, -0.2) is 54.5 Å². The van der Waals surface area contributed by atoms with Gasteiger partial charge in [0.05, 0.1) is 5.56 Å². The zero-order chi connectivity index (χ0) is 18.1. The number of carbonyl (C=O) groups excluding carboxylic acids is 1. The van der Waals surface area contributed by atoms with Crippen LogP contribution in [0.4, 0.5) is 13.2 Å². The molecule has 0 saturated carbocycles. The minimum Gasteiger partial charge on any atom is -0.354 e. The SMILES string of the molecule is CN1CCCNC(=O)C12CCN(Cc1cccc(C(F)(F)F)c1)CC2. The second-order valence-electron chi connectivity index (χ2n) is 7.04. The molecule has 2 aliphatic heterocycles. The zero-order valence-electron chi connectivity index (χ0n) is 14.4. The number of amides is 1. The highest BCUT2D eigenvalue weighted by molar-refractivity contribution is 5.86. The largest absolute Gasteiger partial charge is 0.416 e. The van der Waals surface area contributed by atoms with Crippen LogP contribution in [0.2, 0.25) is 0 Å². The highest BCUT2D eigenvalue weighted by Gasteiger charge is 2.45. The lowest BCUT2D eigenvalue weighted by molar-refractivity contribution is -0.138. The van der Waals surface area contributed by atoms with Crippen molar-refractivity contribution in [2.75, 3.05) is 33.2 Å². The number of likely N-dealkylation sites (tertiary alicyclic amines) is 1. The van der Waals surface area contributed by atoms with Crippen LogP contribution in [-0.2, 0) is 17.5 Å². The van der Waals surface area contributed by atoms with E-state index in [2.05, 4.69) is 15.1 Å².